The molecular weight excluding hydrogens is 665 g/mol. The van der Waals surface area contributed by atoms with Crippen molar-refractivity contribution in [3.8, 4) is 28.1 Å². The maximum atomic E-state index is 6.89. The number of fused-ring (bicyclic) bond motifs is 13. The lowest BCUT2D eigenvalue weighted by atomic mass is 9.91. The van der Waals surface area contributed by atoms with E-state index in [0.717, 1.165) is 66.3 Å². The Hall–Kier alpha value is -6.75. The summed E-state index contributed by atoms with van der Waals surface area (Å²) in [7, 11) is 0. The summed E-state index contributed by atoms with van der Waals surface area (Å²) in [6, 6.07) is 61.1. The van der Waals surface area contributed by atoms with E-state index < -0.39 is 0 Å². The molecule has 3 nitrogen and oxygen atoms in total. The van der Waals surface area contributed by atoms with Crippen LogP contribution in [0.2, 0.25) is 0 Å². The van der Waals surface area contributed by atoms with Gasteiger partial charge in [0.25, 0.3) is 0 Å². The lowest BCUT2D eigenvalue weighted by Gasteiger charge is -2.14. The van der Waals surface area contributed by atoms with Crippen LogP contribution in [0.4, 0.5) is 0 Å². The van der Waals surface area contributed by atoms with Crippen LogP contribution in [0.1, 0.15) is 0 Å². The Morgan fingerprint density at radius 3 is 2.04 bits per heavy atom. The summed E-state index contributed by atoms with van der Waals surface area (Å²) in [5.41, 5.74) is 10.5. The molecule has 0 N–H and O–H groups in total. The molecule has 0 saturated carbocycles. The first-order valence-electron chi connectivity index (χ1n) is 18.0. The van der Waals surface area contributed by atoms with Crippen LogP contribution in [0, 0.1) is 0 Å². The van der Waals surface area contributed by atoms with E-state index in [9.17, 15) is 0 Å². The van der Waals surface area contributed by atoms with E-state index in [2.05, 4.69) is 174 Å². The van der Waals surface area contributed by atoms with E-state index in [4.69, 9.17) is 9.40 Å². The lowest BCUT2D eigenvalue weighted by molar-refractivity contribution is 0.670. The molecule has 0 aliphatic heterocycles. The van der Waals surface area contributed by atoms with Crippen molar-refractivity contribution < 1.29 is 4.42 Å². The van der Waals surface area contributed by atoms with Crippen molar-refractivity contribution in [2.24, 2.45) is 0 Å². The molecule has 12 aromatic rings. The van der Waals surface area contributed by atoms with Gasteiger partial charge in [-0.3, -0.25) is 0 Å². The van der Waals surface area contributed by atoms with Gasteiger partial charge in [-0.15, -0.1) is 11.3 Å². The Labute approximate surface area is 307 Å². The summed E-state index contributed by atoms with van der Waals surface area (Å²) in [6.45, 7) is 0. The van der Waals surface area contributed by atoms with Crippen molar-refractivity contribution in [1.82, 2.24) is 9.55 Å². The molecule has 0 spiro atoms. The van der Waals surface area contributed by atoms with Crippen LogP contribution in [-0.2, 0) is 0 Å². The molecule has 4 heteroatoms. The number of rotatable bonds is 3. The number of benzene rings is 8. The highest BCUT2D eigenvalue weighted by Gasteiger charge is 2.22. The van der Waals surface area contributed by atoms with Gasteiger partial charge >= 0.3 is 0 Å². The topological polar surface area (TPSA) is 31.0 Å². The van der Waals surface area contributed by atoms with E-state index in [1.165, 1.54) is 47.4 Å². The largest absolute Gasteiger partial charge is 0.455 e. The van der Waals surface area contributed by atoms with Gasteiger partial charge in [-0.05, 0) is 72.3 Å². The van der Waals surface area contributed by atoms with E-state index in [-0.39, 0.29) is 0 Å². The zero-order chi connectivity index (χ0) is 34.6. The Bertz CT molecular complexity index is 3460. The zero-order valence-corrected chi connectivity index (χ0v) is 29.2. The predicted octanol–water partition coefficient (Wildman–Crippen LogP) is 14.1. The number of pyridine rings is 1. The van der Waals surface area contributed by atoms with E-state index in [0.29, 0.717) is 0 Å². The molecule has 0 radical (unpaired) electrons. The van der Waals surface area contributed by atoms with Gasteiger partial charge in [0.15, 0.2) is 0 Å². The predicted molar refractivity (Wildman–Crippen MR) is 225 cm³/mol. The van der Waals surface area contributed by atoms with Crippen LogP contribution in [0.25, 0.3) is 114 Å². The number of furan rings is 1. The van der Waals surface area contributed by atoms with Gasteiger partial charge < -0.3 is 8.98 Å². The highest BCUT2D eigenvalue weighted by atomic mass is 32.1. The fourth-order valence-corrected chi connectivity index (χ4v) is 9.72. The summed E-state index contributed by atoms with van der Waals surface area (Å²) in [5, 5.41) is 10.6. The fraction of sp³-hybridized carbons (Fsp3) is 0. The van der Waals surface area contributed by atoms with E-state index in [1.54, 1.807) is 0 Å². The van der Waals surface area contributed by atoms with Crippen molar-refractivity contribution >= 4 is 96.9 Å². The van der Waals surface area contributed by atoms with E-state index in [1.807, 2.05) is 11.3 Å². The summed E-state index contributed by atoms with van der Waals surface area (Å²) >= 11 is 1.84. The van der Waals surface area contributed by atoms with Crippen molar-refractivity contribution in [3.63, 3.8) is 0 Å². The highest BCUT2D eigenvalue weighted by molar-refractivity contribution is 7.25. The molecule has 12 rings (SSSR count). The minimum Gasteiger partial charge on any atom is -0.455 e. The number of hydrogen-bond acceptors (Lipinski definition) is 3. The molecule has 0 atom stereocenters. The molecule has 8 aromatic carbocycles. The van der Waals surface area contributed by atoms with Crippen LogP contribution < -0.4 is 0 Å². The van der Waals surface area contributed by atoms with Crippen molar-refractivity contribution in [2.75, 3.05) is 0 Å². The molecule has 0 bridgehead atoms. The summed E-state index contributed by atoms with van der Waals surface area (Å²) in [4.78, 5) is 5.45. The lowest BCUT2D eigenvalue weighted by Crippen LogP contribution is -1.93. The summed E-state index contributed by atoms with van der Waals surface area (Å²) < 4.78 is 11.8. The van der Waals surface area contributed by atoms with Gasteiger partial charge in [0.2, 0.25) is 0 Å². The zero-order valence-electron chi connectivity index (χ0n) is 28.4. The fourth-order valence-electron chi connectivity index (χ4n) is 8.63. The monoisotopic (exact) mass is 692 g/mol. The van der Waals surface area contributed by atoms with Gasteiger partial charge in [0, 0.05) is 74.7 Å². The second-order valence-corrected chi connectivity index (χ2v) is 14.9. The first-order valence-corrected chi connectivity index (χ1v) is 18.8. The smallest absolute Gasteiger partial charge is 0.143 e. The van der Waals surface area contributed by atoms with Crippen LogP contribution in [0.5, 0.6) is 0 Å². The molecule has 0 aliphatic carbocycles. The van der Waals surface area contributed by atoms with Gasteiger partial charge in [-0.25, -0.2) is 4.98 Å². The van der Waals surface area contributed by atoms with Gasteiger partial charge in [0.05, 0.1) is 22.2 Å². The molecule has 0 saturated heterocycles. The minimum atomic E-state index is 0.881. The molecule has 0 fully saturated rings. The maximum absolute atomic E-state index is 6.89. The number of para-hydroxylation sites is 4. The Kier molecular flexibility index (Phi) is 5.93. The van der Waals surface area contributed by atoms with Crippen molar-refractivity contribution in [2.45, 2.75) is 0 Å². The Morgan fingerprint density at radius 2 is 1.13 bits per heavy atom. The standard InChI is InChI=1S/C49H28N2OS/c1-2-12-31(13-3-1)51-41-19-9-5-14-32(41)37-26-29(22-24-42(37)51)36-28-39-46(47-35-17-6-10-20-43(35)52-49(36)47)34-16-4-8-18-40(34)50-48(39)30-23-25-45-38(27-30)33-15-7-11-21-44(33)53-45/h1-28H. The Balaban J connectivity index is 1.21. The number of nitrogens with zero attached hydrogens (tertiary/aromatic N) is 2. The maximum Gasteiger partial charge on any atom is 0.143 e. The molecule has 0 unspecified atom stereocenters. The highest BCUT2D eigenvalue weighted by Crippen LogP contribution is 2.47. The molecule has 0 aliphatic rings. The minimum absolute atomic E-state index is 0.881. The second kappa shape index (κ2) is 10.9. The average Bonchev–Trinajstić information content (AvgIpc) is 3.90. The molecule has 4 heterocycles. The van der Waals surface area contributed by atoms with Gasteiger partial charge in [-0.2, -0.15) is 0 Å². The SMILES string of the molecule is c1ccc(-n2c3ccccc3c3cc(-c4cc5c(-c6ccc7sc8ccccc8c7c6)nc6ccccc6c5c5c4oc4ccccc45)ccc32)cc1. The average molecular weight is 693 g/mol. The first kappa shape index (κ1) is 28.9. The third kappa shape index (κ3) is 4.12. The quantitative estimate of drug-likeness (QED) is 0.173. The molecule has 4 aromatic heterocycles. The first-order chi connectivity index (χ1) is 26.3. The second-order valence-electron chi connectivity index (χ2n) is 13.9. The van der Waals surface area contributed by atoms with Crippen LogP contribution in [-0.4, -0.2) is 9.55 Å². The Morgan fingerprint density at radius 1 is 0.453 bits per heavy atom. The normalized spacial score (nSPS) is 12.2. The van der Waals surface area contributed by atoms with Crippen LogP contribution >= 0.6 is 11.3 Å². The summed E-state index contributed by atoms with van der Waals surface area (Å²) in [6.07, 6.45) is 0. The van der Waals surface area contributed by atoms with Crippen LogP contribution in [0.3, 0.4) is 0 Å². The van der Waals surface area contributed by atoms with E-state index >= 15 is 0 Å². The number of hydrogen-bond donors (Lipinski definition) is 0. The molecular formula is C49H28N2OS. The van der Waals surface area contributed by atoms with Crippen molar-refractivity contribution in [1.29, 1.82) is 0 Å². The third-order valence-electron chi connectivity index (χ3n) is 11.0. The number of aromatic nitrogens is 2. The third-order valence-corrected chi connectivity index (χ3v) is 12.1. The van der Waals surface area contributed by atoms with Gasteiger partial charge in [0.1, 0.15) is 11.2 Å². The molecule has 53 heavy (non-hydrogen) atoms. The molecule has 0 amide bonds. The van der Waals surface area contributed by atoms with Crippen LogP contribution in [0.15, 0.2) is 174 Å². The van der Waals surface area contributed by atoms with Gasteiger partial charge in [-0.1, -0.05) is 103 Å². The molecule has 246 valence electrons. The number of thiophene rings is 1. The summed E-state index contributed by atoms with van der Waals surface area (Å²) in [5.74, 6) is 0. The van der Waals surface area contributed by atoms with Crippen molar-refractivity contribution in [3.05, 3.63) is 170 Å².